The first-order valence-corrected chi connectivity index (χ1v) is 10.3. The second-order valence-electron chi connectivity index (χ2n) is 8.75. The largest absolute Gasteiger partial charge is 0.394 e. The van der Waals surface area contributed by atoms with Gasteiger partial charge < -0.3 is 24.6 Å². The van der Waals surface area contributed by atoms with Gasteiger partial charge in [0.1, 0.15) is 24.6 Å². The molecule has 4 heterocycles. The highest BCUT2D eigenvalue weighted by Gasteiger charge is 2.56. The molecule has 6 atom stereocenters. The number of fused-ring (bicyclic) bond motifs is 2. The van der Waals surface area contributed by atoms with E-state index in [4.69, 9.17) is 14.2 Å². The number of aliphatic hydroxyl groups excluding tert-OH is 1. The van der Waals surface area contributed by atoms with E-state index in [1.165, 1.54) is 12.7 Å². The molecule has 170 valence electrons. The van der Waals surface area contributed by atoms with E-state index in [0.29, 0.717) is 23.4 Å². The summed E-state index contributed by atoms with van der Waals surface area (Å²) in [5.74, 6) is -1.74. The highest BCUT2D eigenvalue weighted by atomic mass is 19.4. The van der Waals surface area contributed by atoms with Crippen molar-refractivity contribution in [3.05, 3.63) is 12.7 Å². The number of hydrogen-bond donors (Lipinski definition) is 2. The van der Waals surface area contributed by atoms with Crippen molar-refractivity contribution in [3.63, 3.8) is 0 Å². The van der Waals surface area contributed by atoms with E-state index in [9.17, 15) is 18.3 Å². The molecule has 2 N–H and O–H groups in total. The number of rotatable bonds is 4. The maximum atomic E-state index is 13.0. The zero-order valence-electron chi connectivity index (χ0n) is 17.0. The SMILES string of the molecule is CC1(C)OC2[C@H](n3cnc4c(NC5CCC(C(F)(F)F)C5)ncnc43)O[C@H](CO)[C@H]2O1. The Morgan fingerprint density at radius 3 is 2.68 bits per heavy atom. The molecule has 0 radical (unpaired) electrons. The summed E-state index contributed by atoms with van der Waals surface area (Å²) in [6.07, 6.45) is -2.91. The smallest absolute Gasteiger partial charge is 0.391 e. The fourth-order valence-corrected chi connectivity index (χ4v) is 4.78. The van der Waals surface area contributed by atoms with Gasteiger partial charge in [0.15, 0.2) is 29.0 Å². The molecule has 31 heavy (non-hydrogen) atoms. The molecule has 3 aliphatic rings. The van der Waals surface area contributed by atoms with E-state index >= 15 is 0 Å². The molecule has 9 nitrogen and oxygen atoms in total. The highest BCUT2D eigenvalue weighted by molar-refractivity contribution is 5.82. The Labute approximate surface area is 175 Å². The Morgan fingerprint density at radius 1 is 1.19 bits per heavy atom. The van der Waals surface area contributed by atoms with E-state index in [-0.39, 0.29) is 25.5 Å². The van der Waals surface area contributed by atoms with Crippen molar-refractivity contribution in [2.75, 3.05) is 11.9 Å². The third-order valence-corrected chi connectivity index (χ3v) is 6.17. The molecule has 2 aromatic rings. The Kier molecular flexibility index (Phi) is 4.88. The topological polar surface area (TPSA) is 104 Å². The molecule has 0 bridgehead atoms. The van der Waals surface area contributed by atoms with Gasteiger partial charge in [0, 0.05) is 6.04 Å². The number of aromatic nitrogens is 4. The van der Waals surface area contributed by atoms with Crippen molar-refractivity contribution in [2.45, 2.75) is 75.7 Å². The molecule has 12 heteroatoms. The molecule has 5 rings (SSSR count). The standard InChI is InChI=1S/C19H24F3N5O4/c1-18(2)30-13-11(6-28)29-17(14(13)31-18)27-8-25-12-15(23-7-24-16(12)27)26-10-4-3-9(5-10)19(20,21)22/h7-11,13-14,17,28H,3-6H2,1-2H3,(H,23,24,26)/t9?,10?,11-,13-,14?,17-/m1/s1. The lowest BCUT2D eigenvalue weighted by Crippen LogP contribution is -2.31. The summed E-state index contributed by atoms with van der Waals surface area (Å²) in [6, 6.07) is -0.340. The van der Waals surface area contributed by atoms with E-state index in [0.717, 1.165) is 0 Å². The minimum atomic E-state index is -4.18. The molecule has 1 aliphatic carbocycles. The summed E-state index contributed by atoms with van der Waals surface area (Å²) in [4.78, 5) is 12.9. The molecule has 1 saturated carbocycles. The molecule has 3 fully saturated rings. The van der Waals surface area contributed by atoms with Crippen molar-refractivity contribution in [2.24, 2.45) is 5.92 Å². The van der Waals surface area contributed by atoms with E-state index < -0.39 is 42.4 Å². The molecule has 0 spiro atoms. The number of halogens is 3. The summed E-state index contributed by atoms with van der Waals surface area (Å²) < 4.78 is 58.5. The highest BCUT2D eigenvalue weighted by Crippen LogP contribution is 2.44. The van der Waals surface area contributed by atoms with Crippen molar-refractivity contribution in [1.29, 1.82) is 0 Å². The fraction of sp³-hybridized carbons (Fsp3) is 0.737. The van der Waals surface area contributed by atoms with Crippen LogP contribution in [0.2, 0.25) is 0 Å². The van der Waals surface area contributed by atoms with Gasteiger partial charge in [-0.2, -0.15) is 13.2 Å². The number of nitrogens with one attached hydrogen (secondary N) is 1. The van der Waals surface area contributed by atoms with Crippen molar-refractivity contribution in [3.8, 4) is 0 Å². The Balaban J connectivity index is 1.40. The minimum Gasteiger partial charge on any atom is -0.394 e. The van der Waals surface area contributed by atoms with Gasteiger partial charge in [0.25, 0.3) is 0 Å². The Hall–Kier alpha value is -2.02. The van der Waals surface area contributed by atoms with Gasteiger partial charge >= 0.3 is 6.18 Å². The lowest BCUT2D eigenvalue weighted by molar-refractivity contribution is -0.199. The number of alkyl halides is 3. The summed E-state index contributed by atoms with van der Waals surface area (Å²) in [5.41, 5.74) is 0.891. The predicted molar refractivity (Wildman–Crippen MR) is 101 cm³/mol. The summed E-state index contributed by atoms with van der Waals surface area (Å²) in [7, 11) is 0. The molecule has 0 aromatic carbocycles. The fourth-order valence-electron chi connectivity index (χ4n) is 4.78. The number of ether oxygens (including phenoxy) is 3. The van der Waals surface area contributed by atoms with Crippen LogP contribution in [0.4, 0.5) is 19.0 Å². The molecule has 3 unspecified atom stereocenters. The minimum absolute atomic E-state index is 0.00361. The normalized spacial score (nSPS) is 35.0. The first kappa shape index (κ1) is 20.9. The van der Waals surface area contributed by atoms with Gasteiger partial charge in [-0.3, -0.25) is 4.57 Å². The molecular weight excluding hydrogens is 419 g/mol. The number of imidazole rings is 1. The Bertz CT molecular complexity index is 968. The third-order valence-electron chi connectivity index (χ3n) is 6.17. The van der Waals surface area contributed by atoms with E-state index in [1.54, 1.807) is 18.4 Å². The van der Waals surface area contributed by atoms with Gasteiger partial charge in [0.05, 0.1) is 18.9 Å². The summed E-state index contributed by atoms with van der Waals surface area (Å²) in [6.45, 7) is 3.36. The number of aliphatic hydroxyl groups is 1. The quantitative estimate of drug-likeness (QED) is 0.743. The van der Waals surface area contributed by atoms with Crippen LogP contribution in [0.5, 0.6) is 0 Å². The first-order chi connectivity index (χ1) is 14.7. The van der Waals surface area contributed by atoms with E-state index in [2.05, 4.69) is 20.3 Å². The van der Waals surface area contributed by atoms with Crippen molar-refractivity contribution in [1.82, 2.24) is 19.5 Å². The maximum Gasteiger partial charge on any atom is 0.391 e. The molecular formula is C19H24F3N5O4. The molecule has 0 amide bonds. The number of anilines is 1. The zero-order valence-corrected chi connectivity index (χ0v) is 17.0. The molecule has 2 aliphatic heterocycles. The average molecular weight is 443 g/mol. The average Bonchev–Trinajstić information content (AvgIpc) is 3.43. The van der Waals surface area contributed by atoms with Crippen LogP contribution in [0.15, 0.2) is 12.7 Å². The van der Waals surface area contributed by atoms with Gasteiger partial charge in [-0.1, -0.05) is 0 Å². The maximum absolute atomic E-state index is 13.0. The van der Waals surface area contributed by atoms with Crippen LogP contribution >= 0.6 is 0 Å². The third kappa shape index (κ3) is 3.65. The van der Waals surface area contributed by atoms with Gasteiger partial charge in [0.2, 0.25) is 0 Å². The van der Waals surface area contributed by atoms with Crippen LogP contribution in [-0.2, 0) is 14.2 Å². The lowest BCUT2D eigenvalue weighted by atomic mass is 10.1. The molecule has 2 saturated heterocycles. The molecule has 2 aromatic heterocycles. The van der Waals surface area contributed by atoms with Gasteiger partial charge in [-0.25, -0.2) is 15.0 Å². The van der Waals surface area contributed by atoms with Crippen molar-refractivity contribution < 1.29 is 32.5 Å². The second-order valence-corrected chi connectivity index (χ2v) is 8.75. The predicted octanol–water partition coefficient (Wildman–Crippen LogP) is 2.38. The van der Waals surface area contributed by atoms with Crippen LogP contribution in [-0.4, -0.2) is 67.5 Å². The Morgan fingerprint density at radius 2 is 1.97 bits per heavy atom. The van der Waals surface area contributed by atoms with Crippen molar-refractivity contribution >= 4 is 17.0 Å². The number of hydrogen-bond acceptors (Lipinski definition) is 8. The van der Waals surface area contributed by atoms with Gasteiger partial charge in [-0.05, 0) is 33.1 Å². The van der Waals surface area contributed by atoms with E-state index in [1.807, 2.05) is 0 Å². The van der Waals surface area contributed by atoms with Gasteiger partial charge in [-0.15, -0.1) is 0 Å². The van der Waals surface area contributed by atoms with Crippen LogP contribution < -0.4 is 5.32 Å². The van der Waals surface area contributed by atoms with Crippen LogP contribution in [0.3, 0.4) is 0 Å². The van der Waals surface area contributed by atoms with Crippen LogP contribution in [0.1, 0.15) is 39.3 Å². The first-order valence-electron chi connectivity index (χ1n) is 10.3. The lowest BCUT2D eigenvalue weighted by Gasteiger charge is -2.24. The summed E-state index contributed by atoms with van der Waals surface area (Å²) >= 11 is 0. The van der Waals surface area contributed by atoms with Crippen LogP contribution in [0, 0.1) is 5.92 Å². The zero-order chi connectivity index (χ0) is 22.0. The summed E-state index contributed by atoms with van der Waals surface area (Å²) in [5, 5.41) is 12.8. The number of nitrogens with zero attached hydrogens (tertiary/aromatic N) is 4. The second kappa shape index (κ2) is 7.26. The van der Waals surface area contributed by atoms with Crippen LogP contribution in [0.25, 0.3) is 11.2 Å². The monoisotopic (exact) mass is 443 g/mol.